The minimum atomic E-state index is -3.88. The smallest absolute Gasteiger partial charge is 0.266 e. The van der Waals surface area contributed by atoms with Crippen LogP contribution in [0.25, 0.3) is 16.6 Å². The number of nitrogens with zero attached hydrogens (tertiary/aromatic N) is 3. The summed E-state index contributed by atoms with van der Waals surface area (Å²) in [5.41, 5.74) is 3.09. The minimum Gasteiger partial charge on any atom is -0.378 e. The summed E-state index contributed by atoms with van der Waals surface area (Å²) >= 11 is 0. The van der Waals surface area contributed by atoms with E-state index in [9.17, 15) is 13.2 Å². The molecule has 3 aromatic carbocycles. The Kier molecular flexibility index (Phi) is 7.81. The summed E-state index contributed by atoms with van der Waals surface area (Å²) in [4.78, 5) is 20.9. The van der Waals surface area contributed by atoms with Gasteiger partial charge in [0.1, 0.15) is 5.82 Å². The molecule has 40 heavy (non-hydrogen) atoms. The summed E-state index contributed by atoms with van der Waals surface area (Å²) in [5, 5.41) is 0.466. The van der Waals surface area contributed by atoms with E-state index in [4.69, 9.17) is 9.72 Å². The summed E-state index contributed by atoms with van der Waals surface area (Å²) in [6, 6.07) is 21.0. The zero-order chi connectivity index (χ0) is 28.5. The highest BCUT2D eigenvalue weighted by atomic mass is 32.2. The molecule has 2 heterocycles. The van der Waals surface area contributed by atoms with E-state index in [0.29, 0.717) is 35.6 Å². The van der Waals surface area contributed by atoms with E-state index >= 15 is 0 Å². The van der Waals surface area contributed by atoms with Gasteiger partial charge in [0.2, 0.25) is 10.0 Å². The second-order valence-corrected chi connectivity index (χ2v) is 13.2. The zero-order valence-electron chi connectivity index (χ0n) is 23.4. The molecule has 0 aliphatic carbocycles. The number of ether oxygens (including phenoxy) is 1. The van der Waals surface area contributed by atoms with E-state index in [-0.39, 0.29) is 15.9 Å². The Bertz CT molecular complexity index is 1650. The van der Waals surface area contributed by atoms with Crippen molar-refractivity contribution in [3.8, 4) is 5.69 Å². The Hall–Kier alpha value is -3.53. The fourth-order valence-corrected chi connectivity index (χ4v) is 6.28. The predicted octanol–water partition coefficient (Wildman–Crippen LogP) is 4.85. The first kappa shape index (κ1) is 28.0. The van der Waals surface area contributed by atoms with Crippen LogP contribution in [0, 0.1) is 5.41 Å². The molecule has 9 heteroatoms. The van der Waals surface area contributed by atoms with Crippen molar-refractivity contribution in [3.63, 3.8) is 0 Å². The number of aromatic nitrogens is 2. The van der Waals surface area contributed by atoms with E-state index in [1.54, 1.807) is 37.3 Å². The molecule has 0 amide bonds. The van der Waals surface area contributed by atoms with E-state index in [2.05, 4.69) is 30.4 Å². The molecule has 0 bridgehead atoms. The van der Waals surface area contributed by atoms with Crippen LogP contribution in [0.4, 0.5) is 5.69 Å². The van der Waals surface area contributed by atoms with Gasteiger partial charge in [0, 0.05) is 18.8 Å². The Labute approximate surface area is 235 Å². The fraction of sp³-hybridized carbons (Fsp3) is 0.355. The number of morpholine rings is 1. The van der Waals surface area contributed by atoms with Gasteiger partial charge in [0.15, 0.2) is 0 Å². The molecule has 1 N–H and O–H groups in total. The molecule has 4 aromatic rings. The normalized spacial score (nSPS) is 15.3. The first-order valence-electron chi connectivity index (χ1n) is 13.6. The van der Waals surface area contributed by atoms with Crippen LogP contribution in [0.3, 0.4) is 0 Å². The van der Waals surface area contributed by atoms with Crippen molar-refractivity contribution in [2.75, 3.05) is 31.2 Å². The third kappa shape index (κ3) is 6.11. The number of nitrogens with one attached hydrogen (secondary N) is 1. The molecule has 210 valence electrons. The molecule has 0 radical (unpaired) electrons. The third-order valence-corrected chi connectivity index (χ3v) is 8.53. The first-order valence-corrected chi connectivity index (χ1v) is 15.1. The maximum Gasteiger partial charge on any atom is 0.266 e. The van der Waals surface area contributed by atoms with Gasteiger partial charge < -0.3 is 9.64 Å². The van der Waals surface area contributed by atoms with Crippen LogP contribution >= 0.6 is 0 Å². The van der Waals surface area contributed by atoms with E-state index in [1.165, 1.54) is 4.57 Å². The third-order valence-electron chi connectivity index (χ3n) is 6.97. The lowest BCUT2D eigenvalue weighted by atomic mass is 9.88. The van der Waals surface area contributed by atoms with Gasteiger partial charge in [-0.2, -0.15) is 0 Å². The van der Waals surface area contributed by atoms with Gasteiger partial charge in [-0.15, -0.1) is 0 Å². The fourth-order valence-electron chi connectivity index (χ4n) is 5.08. The standard InChI is InChI=1S/C31H36N4O4S/c1-22(33-40(37,38)26-15-9-23(10-16-26)21-31(2,3)4)29-32-28-8-6-5-7-27(28)30(36)35(29)25-13-11-24(12-14-25)34-17-19-39-20-18-34/h5-16,22,33H,17-21H2,1-4H3. The van der Waals surface area contributed by atoms with Crippen LogP contribution in [0.5, 0.6) is 0 Å². The molecule has 0 spiro atoms. The van der Waals surface area contributed by atoms with Crippen molar-refractivity contribution in [2.45, 2.75) is 45.1 Å². The SMILES string of the molecule is CC(NS(=O)(=O)c1ccc(CC(C)(C)C)cc1)c1nc2ccccc2c(=O)n1-c1ccc(N2CCOCC2)cc1. The van der Waals surface area contributed by atoms with Gasteiger partial charge in [0.25, 0.3) is 5.56 Å². The lowest BCUT2D eigenvalue weighted by molar-refractivity contribution is 0.122. The highest BCUT2D eigenvalue weighted by Gasteiger charge is 2.24. The lowest BCUT2D eigenvalue weighted by Crippen LogP contribution is -2.36. The average Bonchev–Trinajstić information content (AvgIpc) is 2.93. The molecule has 1 saturated heterocycles. The second kappa shape index (κ2) is 11.2. The van der Waals surface area contributed by atoms with Crippen molar-refractivity contribution in [1.29, 1.82) is 0 Å². The van der Waals surface area contributed by atoms with Gasteiger partial charge in [-0.05, 0) is 72.9 Å². The molecule has 5 rings (SSSR count). The lowest BCUT2D eigenvalue weighted by Gasteiger charge is -2.29. The second-order valence-electron chi connectivity index (χ2n) is 11.5. The Balaban J connectivity index is 1.50. The average molecular weight is 561 g/mol. The van der Waals surface area contributed by atoms with Crippen molar-refractivity contribution in [2.24, 2.45) is 5.41 Å². The molecule has 1 aliphatic heterocycles. The number of fused-ring (bicyclic) bond motifs is 1. The molecular formula is C31H36N4O4S. The number of hydrogen-bond acceptors (Lipinski definition) is 6. The Morgan fingerprint density at radius 2 is 1.55 bits per heavy atom. The van der Waals surface area contributed by atoms with Crippen LogP contribution in [0.15, 0.2) is 82.5 Å². The molecule has 1 aliphatic rings. The highest BCUT2D eigenvalue weighted by molar-refractivity contribution is 7.89. The van der Waals surface area contributed by atoms with Crippen molar-refractivity contribution in [1.82, 2.24) is 14.3 Å². The van der Waals surface area contributed by atoms with Crippen LogP contribution in [0.2, 0.25) is 0 Å². The maximum absolute atomic E-state index is 13.7. The largest absolute Gasteiger partial charge is 0.378 e. The van der Waals surface area contributed by atoms with Crippen LogP contribution in [-0.2, 0) is 21.2 Å². The summed E-state index contributed by atoms with van der Waals surface area (Å²) < 4.78 is 36.5. The summed E-state index contributed by atoms with van der Waals surface area (Å²) in [7, 11) is -3.88. The van der Waals surface area contributed by atoms with Crippen molar-refractivity contribution < 1.29 is 13.2 Å². The monoisotopic (exact) mass is 560 g/mol. The zero-order valence-corrected chi connectivity index (χ0v) is 24.2. The number of rotatable bonds is 7. The maximum atomic E-state index is 13.7. The van der Waals surface area contributed by atoms with Gasteiger partial charge >= 0.3 is 0 Å². The quantitative estimate of drug-likeness (QED) is 0.347. The van der Waals surface area contributed by atoms with E-state index in [1.807, 2.05) is 42.5 Å². The van der Waals surface area contributed by atoms with Crippen LogP contribution in [-0.4, -0.2) is 44.3 Å². The highest BCUT2D eigenvalue weighted by Crippen LogP contribution is 2.25. The van der Waals surface area contributed by atoms with Gasteiger partial charge in [-0.3, -0.25) is 9.36 Å². The topological polar surface area (TPSA) is 93.5 Å². The Morgan fingerprint density at radius 3 is 2.20 bits per heavy atom. The number of sulfonamides is 1. The number of anilines is 1. The predicted molar refractivity (Wildman–Crippen MR) is 159 cm³/mol. The molecular weight excluding hydrogens is 524 g/mol. The first-order chi connectivity index (χ1) is 19.0. The van der Waals surface area contributed by atoms with E-state index in [0.717, 1.165) is 30.8 Å². The number of hydrogen-bond donors (Lipinski definition) is 1. The van der Waals surface area contributed by atoms with Gasteiger partial charge in [0.05, 0.1) is 40.7 Å². The summed E-state index contributed by atoms with van der Waals surface area (Å²) in [6.07, 6.45) is 0.842. The van der Waals surface area contributed by atoms with E-state index < -0.39 is 16.1 Å². The minimum absolute atomic E-state index is 0.0962. The molecule has 8 nitrogen and oxygen atoms in total. The molecule has 0 saturated carbocycles. The summed E-state index contributed by atoms with van der Waals surface area (Å²) in [5.74, 6) is 0.316. The van der Waals surface area contributed by atoms with Crippen molar-refractivity contribution >= 4 is 26.6 Å². The number of benzene rings is 3. The molecule has 1 atom stereocenters. The molecule has 1 aromatic heterocycles. The number of para-hydroxylation sites is 1. The Morgan fingerprint density at radius 1 is 0.925 bits per heavy atom. The molecule has 1 unspecified atom stereocenters. The molecule has 1 fully saturated rings. The van der Waals surface area contributed by atoms with Crippen LogP contribution in [0.1, 0.15) is 45.1 Å². The van der Waals surface area contributed by atoms with Gasteiger partial charge in [-0.1, -0.05) is 45.0 Å². The summed E-state index contributed by atoms with van der Waals surface area (Å²) in [6.45, 7) is 11.1. The van der Waals surface area contributed by atoms with Crippen LogP contribution < -0.4 is 15.2 Å². The van der Waals surface area contributed by atoms with Gasteiger partial charge in [-0.25, -0.2) is 18.1 Å². The van der Waals surface area contributed by atoms with Crippen molar-refractivity contribution in [3.05, 3.63) is 94.5 Å².